The van der Waals surface area contributed by atoms with Crippen molar-refractivity contribution < 1.29 is 24.2 Å². The van der Waals surface area contributed by atoms with E-state index in [1.165, 1.54) is 12.1 Å². The molecule has 2 heterocycles. The first-order valence-electron chi connectivity index (χ1n) is 11.6. The van der Waals surface area contributed by atoms with Crippen LogP contribution in [0.3, 0.4) is 0 Å². The second-order valence-electron chi connectivity index (χ2n) is 9.79. The van der Waals surface area contributed by atoms with Gasteiger partial charge in [-0.15, -0.1) is 0 Å². The lowest BCUT2D eigenvalue weighted by atomic mass is 9.89. The number of ether oxygens (including phenoxy) is 1. The Balaban J connectivity index is 1.81. The molecule has 35 heavy (non-hydrogen) atoms. The number of amides is 3. The minimum absolute atomic E-state index is 0.153. The topological polar surface area (TPSA) is 90.4 Å². The number of nitrogens with zero attached hydrogens (tertiary/aromatic N) is 3. The number of hydrazine groups is 1. The Morgan fingerprint density at radius 1 is 1.00 bits per heavy atom. The van der Waals surface area contributed by atoms with Crippen LogP contribution in [0, 0.1) is 5.92 Å². The summed E-state index contributed by atoms with van der Waals surface area (Å²) in [7, 11) is 1.43. The minimum Gasteiger partial charge on any atom is -0.443 e. The number of likely N-dealkylation sites (tertiary alicyclic amines) is 1. The Bertz CT molecular complexity index is 1070. The van der Waals surface area contributed by atoms with Gasteiger partial charge in [-0.05, 0) is 31.9 Å². The maximum atomic E-state index is 13.6. The molecule has 8 nitrogen and oxygen atoms in total. The van der Waals surface area contributed by atoms with E-state index in [0.29, 0.717) is 0 Å². The van der Waals surface area contributed by atoms with Crippen LogP contribution >= 0.6 is 0 Å². The summed E-state index contributed by atoms with van der Waals surface area (Å²) >= 11 is 0. The van der Waals surface area contributed by atoms with Crippen molar-refractivity contribution >= 4 is 17.9 Å². The van der Waals surface area contributed by atoms with E-state index in [-0.39, 0.29) is 12.5 Å². The van der Waals surface area contributed by atoms with Gasteiger partial charge in [-0.2, -0.15) is 5.01 Å². The Hall–Kier alpha value is -3.49. The number of aliphatic hydroxyl groups excluding tert-OH is 1. The second kappa shape index (κ2) is 9.64. The molecule has 4 rings (SSSR count). The summed E-state index contributed by atoms with van der Waals surface area (Å²) in [5, 5.41) is 14.5. The molecule has 1 N–H and O–H groups in total. The molecule has 1 saturated heterocycles. The number of aliphatic hydroxyl groups is 1. The van der Waals surface area contributed by atoms with Gasteiger partial charge in [0.1, 0.15) is 11.6 Å². The number of rotatable bonds is 5. The van der Waals surface area contributed by atoms with Gasteiger partial charge in [0.15, 0.2) is 6.23 Å². The fourth-order valence-corrected chi connectivity index (χ4v) is 4.64. The predicted molar refractivity (Wildman–Crippen MR) is 130 cm³/mol. The number of imide groups is 1. The highest BCUT2D eigenvalue weighted by Gasteiger charge is 2.53. The van der Waals surface area contributed by atoms with Crippen LogP contribution in [-0.2, 0) is 14.3 Å². The van der Waals surface area contributed by atoms with Crippen molar-refractivity contribution in [2.24, 2.45) is 5.92 Å². The zero-order chi connectivity index (χ0) is 25.3. The van der Waals surface area contributed by atoms with Crippen molar-refractivity contribution in [1.82, 2.24) is 14.9 Å². The molecule has 0 aromatic heterocycles. The van der Waals surface area contributed by atoms with Crippen molar-refractivity contribution in [3.05, 3.63) is 83.9 Å². The number of likely N-dealkylation sites (N-methyl/N-ethyl adjacent to an activating group) is 1. The SMILES string of the molecule is CN1C(=O)C2C=CCN(N(C(=O)OC(C)(C)C)C(O)C(c3ccccc3)c3ccccc3)C2C1=O. The lowest BCUT2D eigenvalue weighted by molar-refractivity contribution is -0.163. The molecule has 0 radical (unpaired) electrons. The first kappa shape index (κ1) is 24.6. The summed E-state index contributed by atoms with van der Waals surface area (Å²) in [4.78, 5) is 40.4. The molecule has 2 aliphatic rings. The third-order valence-corrected chi connectivity index (χ3v) is 6.22. The highest BCUT2D eigenvalue weighted by Crippen LogP contribution is 2.35. The van der Waals surface area contributed by atoms with E-state index in [9.17, 15) is 19.5 Å². The molecule has 2 aromatic rings. The monoisotopic (exact) mass is 477 g/mol. The van der Waals surface area contributed by atoms with Gasteiger partial charge in [0, 0.05) is 13.6 Å². The van der Waals surface area contributed by atoms with Crippen LogP contribution in [0.15, 0.2) is 72.8 Å². The van der Waals surface area contributed by atoms with Crippen LogP contribution < -0.4 is 0 Å². The van der Waals surface area contributed by atoms with E-state index < -0.39 is 41.7 Å². The highest BCUT2D eigenvalue weighted by molar-refractivity contribution is 6.08. The molecule has 184 valence electrons. The summed E-state index contributed by atoms with van der Waals surface area (Å²) < 4.78 is 5.68. The number of hydrogen-bond donors (Lipinski definition) is 1. The molecule has 2 aromatic carbocycles. The lowest BCUT2D eigenvalue weighted by Crippen LogP contribution is -2.62. The van der Waals surface area contributed by atoms with Gasteiger partial charge in [-0.25, -0.2) is 9.80 Å². The van der Waals surface area contributed by atoms with E-state index >= 15 is 0 Å². The first-order valence-corrected chi connectivity index (χ1v) is 11.6. The number of carbonyl (C=O) groups is 3. The van der Waals surface area contributed by atoms with Crippen LogP contribution in [0.5, 0.6) is 0 Å². The average molecular weight is 478 g/mol. The normalized spacial score (nSPS) is 21.3. The molecule has 2 aliphatic heterocycles. The first-order chi connectivity index (χ1) is 16.6. The fourth-order valence-electron chi connectivity index (χ4n) is 4.64. The lowest BCUT2D eigenvalue weighted by Gasteiger charge is -2.44. The molecule has 3 unspecified atom stereocenters. The van der Waals surface area contributed by atoms with E-state index in [0.717, 1.165) is 21.0 Å². The third-order valence-electron chi connectivity index (χ3n) is 6.22. The van der Waals surface area contributed by atoms with Crippen molar-refractivity contribution in [3.8, 4) is 0 Å². The van der Waals surface area contributed by atoms with Crippen LogP contribution in [0.1, 0.15) is 37.8 Å². The smallest absolute Gasteiger partial charge is 0.427 e. The van der Waals surface area contributed by atoms with E-state index in [2.05, 4.69) is 0 Å². The van der Waals surface area contributed by atoms with Crippen molar-refractivity contribution in [2.45, 2.75) is 44.6 Å². The Morgan fingerprint density at radius 2 is 1.54 bits per heavy atom. The van der Waals surface area contributed by atoms with Crippen LogP contribution in [0.4, 0.5) is 4.79 Å². The maximum absolute atomic E-state index is 13.6. The molecule has 3 atom stereocenters. The van der Waals surface area contributed by atoms with E-state index in [4.69, 9.17) is 4.74 Å². The van der Waals surface area contributed by atoms with Gasteiger partial charge >= 0.3 is 6.09 Å². The van der Waals surface area contributed by atoms with Gasteiger partial charge in [0.25, 0.3) is 0 Å². The third kappa shape index (κ3) is 4.85. The number of hydrogen-bond acceptors (Lipinski definition) is 6. The van der Waals surface area contributed by atoms with Crippen LogP contribution in [-0.4, -0.2) is 69.4 Å². The van der Waals surface area contributed by atoms with Gasteiger partial charge < -0.3 is 9.84 Å². The summed E-state index contributed by atoms with van der Waals surface area (Å²) in [6.07, 6.45) is 1.20. The highest BCUT2D eigenvalue weighted by atomic mass is 16.6. The van der Waals surface area contributed by atoms with Crippen molar-refractivity contribution in [3.63, 3.8) is 0 Å². The minimum atomic E-state index is -1.42. The molecule has 0 bridgehead atoms. The summed E-state index contributed by atoms with van der Waals surface area (Å²) in [6, 6.07) is 17.8. The Morgan fingerprint density at radius 3 is 2.06 bits per heavy atom. The summed E-state index contributed by atoms with van der Waals surface area (Å²) in [5.74, 6) is -2.16. The van der Waals surface area contributed by atoms with Crippen molar-refractivity contribution in [2.75, 3.05) is 13.6 Å². The standard InChI is InChI=1S/C27H31N3O5/c1-27(2,3)35-26(34)30(29-17-11-16-20-22(29)25(33)28(4)23(20)31)24(32)21(18-12-7-5-8-13-18)19-14-9-6-10-15-19/h5-16,20-22,24,32H,17H2,1-4H3. The van der Waals surface area contributed by atoms with E-state index in [1.807, 2.05) is 60.7 Å². The molecule has 0 aliphatic carbocycles. The zero-order valence-electron chi connectivity index (χ0n) is 20.4. The van der Waals surface area contributed by atoms with Crippen LogP contribution in [0.25, 0.3) is 0 Å². The quantitative estimate of drug-likeness (QED) is 0.404. The molecular formula is C27H31N3O5. The van der Waals surface area contributed by atoms with E-state index in [1.54, 1.807) is 32.9 Å². The Labute approximate surface area is 205 Å². The van der Waals surface area contributed by atoms with Crippen molar-refractivity contribution in [1.29, 1.82) is 0 Å². The molecule has 3 amide bonds. The number of carbonyl (C=O) groups excluding carboxylic acids is 3. The van der Waals surface area contributed by atoms with Crippen LogP contribution in [0.2, 0.25) is 0 Å². The maximum Gasteiger partial charge on any atom is 0.427 e. The summed E-state index contributed by atoms with van der Waals surface area (Å²) in [6.45, 7) is 5.36. The summed E-state index contributed by atoms with van der Waals surface area (Å²) in [5.41, 5.74) is 0.728. The van der Waals surface area contributed by atoms with Gasteiger partial charge in [0.2, 0.25) is 11.8 Å². The fraction of sp³-hybridized carbons (Fsp3) is 0.370. The van der Waals surface area contributed by atoms with Gasteiger partial charge in [0.05, 0.1) is 11.8 Å². The number of benzene rings is 2. The molecule has 0 spiro atoms. The number of fused-ring (bicyclic) bond motifs is 1. The predicted octanol–water partition coefficient (Wildman–Crippen LogP) is 3.14. The van der Waals surface area contributed by atoms with Gasteiger partial charge in [-0.1, -0.05) is 72.8 Å². The van der Waals surface area contributed by atoms with Gasteiger partial charge in [-0.3, -0.25) is 14.5 Å². The molecule has 8 heteroatoms. The molecular weight excluding hydrogens is 446 g/mol. The zero-order valence-corrected chi connectivity index (χ0v) is 20.4. The second-order valence-corrected chi connectivity index (χ2v) is 9.79. The Kier molecular flexibility index (Phi) is 6.78. The molecule has 0 saturated carbocycles. The average Bonchev–Trinajstić information content (AvgIpc) is 3.04. The molecule has 1 fully saturated rings. The largest absolute Gasteiger partial charge is 0.443 e.